The zero-order valence-corrected chi connectivity index (χ0v) is 16.3. The summed E-state index contributed by atoms with van der Waals surface area (Å²) in [4.78, 5) is 0. The Balaban J connectivity index is 0.000000278. The minimum atomic E-state index is -2.25. The fourth-order valence-electron chi connectivity index (χ4n) is 3.21. The molecule has 1 aromatic carbocycles. The van der Waals surface area contributed by atoms with Gasteiger partial charge in [-0.05, 0) is 0 Å². The van der Waals surface area contributed by atoms with Crippen molar-refractivity contribution in [3.05, 3.63) is 36.4 Å². The van der Waals surface area contributed by atoms with Crippen molar-refractivity contribution >= 4 is 7.88 Å². The molecular weight excluding hydrogens is 359 g/mol. The summed E-state index contributed by atoms with van der Waals surface area (Å²) in [5.41, 5.74) is 0. The summed E-state index contributed by atoms with van der Waals surface area (Å²) in [5.74, 6) is -2.75. The van der Waals surface area contributed by atoms with Gasteiger partial charge in [0.1, 0.15) is 0 Å². The number of hydrogen-bond acceptors (Lipinski definition) is 6. The first-order valence-corrected chi connectivity index (χ1v) is 9.92. The molecule has 144 valence electrons. The second-order valence-corrected chi connectivity index (χ2v) is 8.67. The van der Waals surface area contributed by atoms with Crippen LogP contribution in [0.25, 0.3) is 0 Å². The van der Waals surface area contributed by atoms with E-state index < -0.39 is 49.7 Å². The maximum Gasteiger partial charge on any atom is -0.0623 e. The summed E-state index contributed by atoms with van der Waals surface area (Å²) >= 11 is 0. The normalized spacial score (nSPS) is 38.9. The maximum atomic E-state index is 11.9. The van der Waals surface area contributed by atoms with Crippen LogP contribution in [0.4, 0.5) is 0 Å². The van der Waals surface area contributed by atoms with Crippen LogP contribution >= 0.6 is 7.88 Å². The van der Waals surface area contributed by atoms with Crippen molar-refractivity contribution < 1.29 is 33.0 Å². The second-order valence-electron chi connectivity index (χ2n) is 7.36. The Kier molecular flexibility index (Phi) is 5.92. The Morgan fingerprint density at radius 3 is 1.88 bits per heavy atom. The van der Waals surface area contributed by atoms with Gasteiger partial charge in [-0.15, -0.1) is 0 Å². The molecule has 6 atom stereocenters. The average molecular weight is 385 g/mol. The van der Waals surface area contributed by atoms with Crippen molar-refractivity contribution in [3.63, 3.8) is 0 Å². The predicted molar refractivity (Wildman–Crippen MR) is 93.7 cm³/mol. The number of fused-ring (bicyclic) bond motifs is 1. The summed E-state index contributed by atoms with van der Waals surface area (Å²) in [6.45, 7) is 7.43. The molecule has 0 saturated carbocycles. The molecule has 0 aliphatic carbocycles. The molecule has 7 nitrogen and oxygen atoms in total. The molecule has 6 unspecified atom stereocenters. The standard InChI is InChI=1S/C12H20O7P.C6H6/c1-11(2)15-5-6(16-11)7-8-9(10(13)20(14)19-7)18-12(3,4)17-8;1-2-4-6-5-3-1/h6-10,13H,5H2,1-4H3;1-6H/q+1;. The van der Waals surface area contributed by atoms with E-state index in [4.69, 9.17) is 23.5 Å². The third kappa shape index (κ3) is 4.55. The summed E-state index contributed by atoms with van der Waals surface area (Å²) in [7, 11) is -2.25. The molecule has 1 N–H and O–H groups in total. The van der Waals surface area contributed by atoms with Gasteiger partial charge in [-0.1, -0.05) is 36.4 Å². The fourth-order valence-corrected chi connectivity index (χ4v) is 4.30. The van der Waals surface area contributed by atoms with Gasteiger partial charge in [0.25, 0.3) is 0 Å². The zero-order chi connectivity index (χ0) is 18.9. The quantitative estimate of drug-likeness (QED) is 0.591. The topological polar surface area (TPSA) is 86.3 Å². The van der Waals surface area contributed by atoms with Gasteiger partial charge in [-0.3, -0.25) is 0 Å². The Morgan fingerprint density at radius 1 is 0.846 bits per heavy atom. The van der Waals surface area contributed by atoms with Crippen molar-refractivity contribution in [2.24, 2.45) is 0 Å². The van der Waals surface area contributed by atoms with E-state index in [0.29, 0.717) is 6.61 Å². The first-order valence-electron chi connectivity index (χ1n) is 8.67. The van der Waals surface area contributed by atoms with E-state index in [1.807, 2.05) is 36.4 Å². The minimum absolute atomic E-state index is 0.323. The molecular formula is C18H26O7P+. The van der Waals surface area contributed by atoms with Crippen LogP contribution in [0.2, 0.25) is 0 Å². The fraction of sp³-hybridized carbons (Fsp3) is 0.667. The third-order valence-electron chi connectivity index (χ3n) is 4.29. The second kappa shape index (κ2) is 7.70. The van der Waals surface area contributed by atoms with Crippen molar-refractivity contribution in [2.45, 2.75) is 69.5 Å². The summed E-state index contributed by atoms with van der Waals surface area (Å²) in [6, 6.07) is 12.0. The molecule has 3 aliphatic rings. The van der Waals surface area contributed by atoms with Crippen LogP contribution in [0, 0.1) is 0 Å². The number of aliphatic hydroxyl groups excluding tert-OH is 1. The third-order valence-corrected chi connectivity index (χ3v) is 5.46. The minimum Gasteiger partial charge on any atom is -0.0623 e. The van der Waals surface area contributed by atoms with E-state index in [9.17, 15) is 9.52 Å². The van der Waals surface area contributed by atoms with Gasteiger partial charge >= 0.3 is 117 Å². The molecule has 0 radical (unpaired) electrons. The molecule has 0 aromatic heterocycles. The number of aliphatic hydroxyl groups is 1. The molecule has 0 spiro atoms. The van der Waals surface area contributed by atoms with Gasteiger partial charge in [0.05, 0.1) is 0 Å². The van der Waals surface area contributed by atoms with Crippen molar-refractivity contribution in [3.8, 4) is 0 Å². The van der Waals surface area contributed by atoms with E-state index in [2.05, 4.69) is 0 Å². The molecule has 3 saturated heterocycles. The van der Waals surface area contributed by atoms with Gasteiger partial charge in [0, 0.05) is 0 Å². The Morgan fingerprint density at radius 2 is 1.38 bits per heavy atom. The zero-order valence-electron chi connectivity index (χ0n) is 15.4. The number of ether oxygens (including phenoxy) is 4. The van der Waals surface area contributed by atoms with Gasteiger partial charge in [-0.25, -0.2) is 0 Å². The molecule has 26 heavy (non-hydrogen) atoms. The van der Waals surface area contributed by atoms with E-state index in [1.165, 1.54) is 0 Å². The van der Waals surface area contributed by atoms with E-state index in [0.717, 1.165) is 0 Å². The molecule has 8 heteroatoms. The van der Waals surface area contributed by atoms with E-state index in [1.54, 1.807) is 27.7 Å². The van der Waals surface area contributed by atoms with Crippen LogP contribution < -0.4 is 0 Å². The van der Waals surface area contributed by atoms with Gasteiger partial charge in [0.2, 0.25) is 0 Å². The van der Waals surface area contributed by atoms with Crippen LogP contribution in [-0.2, 0) is 27.9 Å². The van der Waals surface area contributed by atoms with Crippen molar-refractivity contribution in [1.29, 1.82) is 0 Å². The van der Waals surface area contributed by atoms with Crippen LogP contribution in [-0.4, -0.2) is 53.5 Å². The van der Waals surface area contributed by atoms with Crippen LogP contribution in [0.15, 0.2) is 36.4 Å². The Bertz CT molecular complexity index is 642. The molecule has 0 bridgehead atoms. The Labute approximate surface area is 154 Å². The van der Waals surface area contributed by atoms with Gasteiger partial charge in [0.15, 0.2) is 0 Å². The average Bonchev–Trinajstić information content (AvgIpc) is 3.12. The van der Waals surface area contributed by atoms with Crippen LogP contribution in [0.3, 0.4) is 0 Å². The molecule has 0 amide bonds. The Hall–Kier alpha value is -0.760. The number of hydrogen-bond donors (Lipinski definition) is 1. The summed E-state index contributed by atoms with van der Waals surface area (Å²) in [5, 5.41) is 9.96. The van der Waals surface area contributed by atoms with E-state index in [-0.39, 0.29) is 0 Å². The van der Waals surface area contributed by atoms with Gasteiger partial charge in [-0.2, -0.15) is 0 Å². The van der Waals surface area contributed by atoms with Crippen LogP contribution in [0.5, 0.6) is 0 Å². The van der Waals surface area contributed by atoms with E-state index >= 15 is 0 Å². The smallest absolute Gasteiger partial charge is 0.0623 e. The van der Waals surface area contributed by atoms with Crippen molar-refractivity contribution in [2.75, 3.05) is 6.61 Å². The first kappa shape index (κ1) is 20.0. The summed E-state index contributed by atoms with van der Waals surface area (Å²) in [6.07, 6.45) is -2.20. The molecule has 4 rings (SSSR count). The van der Waals surface area contributed by atoms with Crippen molar-refractivity contribution in [1.82, 2.24) is 0 Å². The number of rotatable bonds is 1. The first-order chi connectivity index (χ1) is 12.2. The molecule has 3 heterocycles. The molecule has 1 aromatic rings. The van der Waals surface area contributed by atoms with Crippen LogP contribution in [0.1, 0.15) is 27.7 Å². The SMILES string of the molecule is CC1(C)OCC(C2OP(#[O+])C(O)C3OC(C)(C)OC23)O1.c1ccccc1. The number of benzene rings is 1. The van der Waals surface area contributed by atoms with Gasteiger partial charge < -0.3 is 0 Å². The monoisotopic (exact) mass is 385 g/mol. The molecule has 3 fully saturated rings. The maximum absolute atomic E-state index is 11.9. The molecule has 3 aliphatic heterocycles. The predicted octanol–water partition coefficient (Wildman–Crippen LogP) is 2.80. The summed E-state index contributed by atoms with van der Waals surface area (Å²) < 4.78 is 40.1. The largest absolute Gasteiger partial charge is 0.0623 e.